The minimum absolute atomic E-state index is 0.285. The van der Waals surface area contributed by atoms with Gasteiger partial charge in [-0.3, -0.25) is 9.59 Å². The average molecular weight is 193 g/mol. The van der Waals surface area contributed by atoms with Crippen LogP contribution in [0, 0.1) is 6.92 Å². The van der Waals surface area contributed by atoms with E-state index < -0.39 is 18.2 Å². The number of hydrogen-bond donors (Lipinski definition) is 2. The third-order valence-electron chi connectivity index (χ3n) is 1.82. The first-order valence-electron chi connectivity index (χ1n) is 4.12. The summed E-state index contributed by atoms with van der Waals surface area (Å²) in [6, 6.07) is 4.97. The zero-order chi connectivity index (χ0) is 10.7. The number of carboxylic acid groups (broad SMARTS) is 1. The highest BCUT2D eigenvalue weighted by Crippen LogP contribution is 2.15. The van der Waals surface area contributed by atoms with E-state index in [0.717, 1.165) is 5.56 Å². The Morgan fingerprint density at radius 1 is 1.43 bits per heavy atom. The fraction of sp³-hybridized carbons (Fsp3) is 0.200. The first kappa shape index (κ1) is 10.2. The quantitative estimate of drug-likeness (QED) is 0.430. The number of carbonyl (C=O) groups is 2. The molecule has 74 valence electrons. The number of hydrogen-bond acceptors (Lipinski definition) is 3. The third-order valence-corrected chi connectivity index (χ3v) is 1.82. The molecule has 0 aliphatic heterocycles. The fourth-order valence-corrected chi connectivity index (χ4v) is 1.14. The molecular weight excluding hydrogens is 182 g/mol. The van der Waals surface area contributed by atoms with E-state index in [9.17, 15) is 9.59 Å². The molecule has 0 bridgehead atoms. The second-order valence-corrected chi connectivity index (χ2v) is 3.08. The number of benzene rings is 1. The monoisotopic (exact) mass is 193 g/mol. The molecule has 1 aromatic carbocycles. The van der Waals surface area contributed by atoms with Gasteiger partial charge in [0.05, 0.1) is 0 Å². The molecule has 0 aliphatic carbocycles. The zero-order valence-electron chi connectivity index (χ0n) is 7.78. The molecule has 3 N–H and O–H groups in total. The summed E-state index contributed by atoms with van der Waals surface area (Å²) in [5, 5.41) is 8.44. The van der Waals surface area contributed by atoms with Gasteiger partial charge >= 0.3 is 5.97 Å². The maximum Gasteiger partial charge on any atom is 0.311 e. The van der Waals surface area contributed by atoms with Crippen LogP contribution in [0.3, 0.4) is 0 Å². The van der Waals surface area contributed by atoms with Crippen LogP contribution in [0.5, 0.6) is 0 Å². The number of nitrogen functional groups attached to an aromatic ring is 1. The van der Waals surface area contributed by atoms with Gasteiger partial charge in [-0.2, -0.15) is 0 Å². The van der Waals surface area contributed by atoms with Crippen molar-refractivity contribution in [3.63, 3.8) is 0 Å². The van der Waals surface area contributed by atoms with Crippen LogP contribution >= 0.6 is 0 Å². The Hall–Kier alpha value is -1.84. The summed E-state index contributed by atoms with van der Waals surface area (Å²) >= 11 is 0. The topological polar surface area (TPSA) is 80.4 Å². The standard InChI is InChI=1S/C10H11NO3/c1-6-2-3-8(11)7(4-6)9(12)5-10(13)14/h2-4H,5,11H2,1H3,(H,13,14). The van der Waals surface area contributed by atoms with Crippen molar-refractivity contribution in [3.05, 3.63) is 29.3 Å². The summed E-state index contributed by atoms with van der Waals surface area (Å²) < 4.78 is 0. The van der Waals surface area contributed by atoms with E-state index in [4.69, 9.17) is 10.8 Å². The lowest BCUT2D eigenvalue weighted by molar-refractivity contribution is -0.135. The molecule has 0 aliphatic rings. The maximum atomic E-state index is 11.4. The van der Waals surface area contributed by atoms with Gasteiger partial charge in [-0.25, -0.2) is 0 Å². The van der Waals surface area contributed by atoms with E-state index in [1.807, 2.05) is 6.92 Å². The second kappa shape index (κ2) is 3.91. The number of rotatable bonds is 3. The maximum absolute atomic E-state index is 11.4. The Bertz CT molecular complexity index is 385. The predicted octanol–water partition coefficient (Wildman–Crippen LogP) is 1.23. The lowest BCUT2D eigenvalue weighted by atomic mass is 10.0. The predicted molar refractivity (Wildman–Crippen MR) is 52.2 cm³/mol. The number of aryl methyl sites for hydroxylation is 1. The normalized spacial score (nSPS) is 9.79. The molecule has 0 fully saturated rings. The van der Waals surface area contributed by atoms with Gasteiger partial charge < -0.3 is 10.8 Å². The molecule has 4 heteroatoms. The fourth-order valence-electron chi connectivity index (χ4n) is 1.14. The van der Waals surface area contributed by atoms with Crippen LogP contribution in [0.1, 0.15) is 22.3 Å². The molecule has 0 saturated carbocycles. The van der Waals surface area contributed by atoms with Gasteiger partial charge in [0, 0.05) is 11.3 Å². The zero-order valence-corrected chi connectivity index (χ0v) is 7.78. The van der Waals surface area contributed by atoms with Crippen molar-refractivity contribution in [3.8, 4) is 0 Å². The Kier molecular flexibility index (Phi) is 2.86. The molecule has 1 aromatic rings. The first-order valence-corrected chi connectivity index (χ1v) is 4.12. The summed E-state index contributed by atoms with van der Waals surface area (Å²) in [5.41, 5.74) is 7.04. The second-order valence-electron chi connectivity index (χ2n) is 3.08. The lowest BCUT2D eigenvalue weighted by Gasteiger charge is -2.03. The minimum Gasteiger partial charge on any atom is -0.481 e. The minimum atomic E-state index is -1.14. The van der Waals surface area contributed by atoms with Crippen LogP contribution < -0.4 is 5.73 Å². The van der Waals surface area contributed by atoms with E-state index >= 15 is 0 Å². The average Bonchev–Trinajstić information content (AvgIpc) is 2.08. The molecule has 0 unspecified atom stereocenters. The van der Waals surface area contributed by atoms with Crippen LogP contribution in [0.25, 0.3) is 0 Å². The van der Waals surface area contributed by atoms with Crippen LogP contribution in [-0.2, 0) is 4.79 Å². The van der Waals surface area contributed by atoms with Crippen molar-refractivity contribution >= 4 is 17.4 Å². The highest BCUT2D eigenvalue weighted by Gasteiger charge is 2.13. The van der Waals surface area contributed by atoms with Crippen LogP contribution in [0.2, 0.25) is 0 Å². The molecule has 14 heavy (non-hydrogen) atoms. The Labute approximate surface area is 81.3 Å². The molecule has 4 nitrogen and oxygen atoms in total. The molecule has 0 atom stereocenters. The third kappa shape index (κ3) is 2.32. The highest BCUT2D eigenvalue weighted by molar-refractivity contribution is 6.08. The Morgan fingerprint density at radius 3 is 2.64 bits per heavy atom. The summed E-state index contributed by atoms with van der Waals surface area (Å²) in [4.78, 5) is 21.7. The van der Waals surface area contributed by atoms with Gasteiger partial charge in [0.25, 0.3) is 0 Å². The molecule has 0 saturated heterocycles. The number of anilines is 1. The van der Waals surface area contributed by atoms with Crippen LogP contribution in [0.15, 0.2) is 18.2 Å². The number of nitrogens with two attached hydrogens (primary N) is 1. The lowest BCUT2D eigenvalue weighted by Crippen LogP contribution is -2.09. The molecule has 0 radical (unpaired) electrons. The van der Waals surface area contributed by atoms with E-state index in [2.05, 4.69) is 0 Å². The Balaban J connectivity index is 3.00. The SMILES string of the molecule is Cc1ccc(N)c(C(=O)CC(=O)O)c1. The van der Waals surface area contributed by atoms with Crippen LogP contribution in [0.4, 0.5) is 5.69 Å². The number of carboxylic acids is 1. The van der Waals surface area contributed by atoms with Gasteiger partial charge in [0.2, 0.25) is 0 Å². The first-order chi connectivity index (χ1) is 6.50. The van der Waals surface area contributed by atoms with Gasteiger partial charge in [-0.15, -0.1) is 0 Å². The van der Waals surface area contributed by atoms with E-state index in [0.29, 0.717) is 5.69 Å². The number of carbonyl (C=O) groups excluding carboxylic acids is 1. The molecule has 0 spiro atoms. The number of Topliss-reactive ketones (excluding diaryl/α,β-unsaturated/α-hetero) is 1. The largest absolute Gasteiger partial charge is 0.481 e. The summed E-state index contributed by atoms with van der Waals surface area (Å²) in [6.07, 6.45) is -0.520. The Morgan fingerprint density at radius 2 is 2.07 bits per heavy atom. The van der Waals surface area contributed by atoms with Crippen molar-refractivity contribution in [2.45, 2.75) is 13.3 Å². The summed E-state index contributed by atoms with van der Waals surface area (Å²) in [6.45, 7) is 1.82. The van der Waals surface area contributed by atoms with Gasteiger partial charge in [0.15, 0.2) is 5.78 Å². The van der Waals surface area contributed by atoms with E-state index in [1.54, 1.807) is 18.2 Å². The van der Waals surface area contributed by atoms with Gasteiger partial charge in [0.1, 0.15) is 6.42 Å². The summed E-state index contributed by atoms with van der Waals surface area (Å²) in [5.74, 6) is -1.60. The number of ketones is 1. The molecule has 0 amide bonds. The molecule has 1 rings (SSSR count). The van der Waals surface area contributed by atoms with Crippen LogP contribution in [-0.4, -0.2) is 16.9 Å². The summed E-state index contributed by atoms with van der Waals surface area (Å²) in [7, 11) is 0. The number of aliphatic carboxylic acids is 1. The molecule has 0 heterocycles. The van der Waals surface area contributed by atoms with Crippen molar-refractivity contribution in [2.24, 2.45) is 0 Å². The van der Waals surface area contributed by atoms with Crippen molar-refractivity contribution in [1.29, 1.82) is 0 Å². The van der Waals surface area contributed by atoms with Crippen molar-refractivity contribution in [1.82, 2.24) is 0 Å². The van der Waals surface area contributed by atoms with Gasteiger partial charge in [-0.05, 0) is 19.1 Å². The van der Waals surface area contributed by atoms with E-state index in [1.165, 1.54) is 0 Å². The van der Waals surface area contributed by atoms with Crippen molar-refractivity contribution in [2.75, 3.05) is 5.73 Å². The molecular formula is C10H11NO3. The van der Waals surface area contributed by atoms with Crippen molar-refractivity contribution < 1.29 is 14.7 Å². The molecule has 0 aromatic heterocycles. The highest BCUT2D eigenvalue weighted by atomic mass is 16.4. The van der Waals surface area contributed by atoms with Gasteiger partial charge in [-0.1, -0.05) is 11.6 Å². The van der Waals surface area contributed by atoms with E-state index in [-0.39, 0.29) is 5.56 Å². The smallest absolute Gasteiger partial charge is 0.311 e.